The normalized spacial score (nSPS) is 11.2. The van der Waals surface area contributed by atoms with E-state index in [-0.39, 0.29) is 11.8 Å². The minimum Gasteiger partial charge on any atom is -0.355 e. The molecule has 0 aliphatic carbocycles. The molecule has 1 aromatic carbocycles. The molecule has 1 aromatic rings. The van der Waals surface area contributed by atoms with E-state index in [1.165, 1.54) is 0 Å². The average molecular weight is 368 g/mol. The van der Waals surface area contributed by atoms with Crippen LogP contribution >= 0.6 is 11.6 Å². The Labute approximate surface area is 156 Å². The number of carbonyl (C=O) groups excluding carboxylic acids is 2. The van der Waals surface area contributed by atoms with Gasteiger partial charge in [-0.15, -0.1) is 0 Å². The van der Waals surface area contributed by atoms with Crippen molar-refractivity contribution in [3.8, 4) is 0 Å². The van der Waals surface area contributed by atoms with Crippen LogP contribution in [0.25, 0.3) is 0 Å². The zero-order valence-corrected chi connectivity index (χ0v) is 16.4. The first kappa shape index (κ1) is 21.5. The Bertz CT molecular complexity index is 536. The van der Waals surface area contributed by atoms with Crippen molar-refractivity contribution in [3.63, 3.8) is 0 Å². The third-order valence-corrected chi connectivity index (χ3v) is 4.24. The number of nitrogens with one attached hydrogen (secondary N) is 2. The van der Waals surface area contributed by atoms with E-state index >= 15 is 0 Å². The maximum Gasteiger partial charge on any atom is 0.251 e. The highest BCUT2D eigenvalue weighted by atomic mass is 35.5. The van der Waals surface area contributed by atoms with Crippen molar-refractivity contribution in [2.75, 3.05) is 19.6 Å². The standard InChI is InChI=1S/C19H30ClN3O2/c1-14(2)23(15(3)4)13-12-21-18(24)6-5-11-22-19(25)16-7-9-17(20)10-8-16/h7-10,14-15H,5-6,11-13H2,1-4H3,(H,21,24)(H,22,25). The van der Waals surface area contributed by atoms with E-state index < -0.39 is 0 Å². The van der Waals surface area contributed by atoms with Gasteiger partial charge in [0.25, 0.3) is 5.91 Å². The summed E-state index contributed by atoms with van der Waals surface area (Å²) in [5.41, 5.74) is 0.566. The molecule has 5 nitrogen and oxygen atoms in total. The number of carbonyl (C=O) groups is 2. The molecule has 0 saturated heterocycles. The molecule has 6 heteroatoms. The van der Waals surface area contributed by atoms with E-state index in [4.69, 9.17) is 11.6 Å². The maximum atomic E-state index is 11.9. The molecule has 25 heavy (non-hydrogen) atoms. The molecule has 0 radical (unpaired) electrons. The Balaban J connectivity index is 2.18. The van der Waals surface area contributed by atoms with Crippen LogP contribution in [0.3, 0.4) is 0 Å². The smallest absolute Gasteiger partial charge is 0.251 e. The fraction of sp³-hybridized carbons (Fsp3) is 0.579. The molecule has 140 valence electrons. The van der Waals surface area contributed by atoms with Gasteiger partial charge in [-0.25, -0.2) is 0 Å². The van der Waals surface area contributed by atoms with Crippen LogP contribution in [-0.2, 0) is 4.79 Å². The minimum atomic E-state index is -0.151. The molecular formula is C19H30ClN3O2. The van der Waals surface area contributed by atoms with Crippen LogP contribution < -0.4 is 10.6 Å². The van der Waals surface area contributed by atoms with Crippen molar-refractivity contribution in [2.24, 2.45) is 0 Å². The SMILES string of the molecule is CC(C)N(CCNC(=O)CCCNC(=O)c1ccc(Cl)cc1)C(C)C. The summed E-state index contributed by atoms with van der Waals surface area (Å²) in [6.45, 7) is 10.6. The lowest BCUT2D eigenvalue weighted by atomic mass is 10.2. The average Bonchev–Trinajstić information content (AvgIpc) is 2.55. The first-order valence-electron chi connectivity index (χ1n) is 8.87. The summed E-state index contributed by atoms with van der Waals surface area (Å²) in [4.78, 5) is 26.1. The van der Waals surface area contributed by atoms with E-state index in [9.17, 15) is 9.59 Å². The van der Waals surface area contributed by atoms with Crippen molar-refractivity contribution in [2.45, 2.75) is 52.6 Å². The molecule has 0 aromatic heterocycles. The molecule has 0 heterocycles. The highest BCUT2D eigenvalue weighted by molar-refractivity contribution is 6.30. The molecule has 0 aliphatic rings. The summed E-state index contributed by atoms with van der Waals surface area (Å²) in [5, 5.41) is 6.35. The van der Waals surface area contributed by atoms with Gasteiger partial charge in [-0.1, -0.05) is 11.6 Å². The van der Waals surface area contributed by atoms with E-state index in [1.807, 2.05) is 0 Å². The number of amides is 2. The number of hydrogen-bond acceptors (Lipinski definition) is 3. The predicted molar refractivity (Wildman–Crippen MR) is 103 cm³/mol. The van der Waals surface area contributed by atoms with Crippen molar-refractivity contribution >= 4 is 23.4 Å². The molecule has 0 atom stereocenters. The van der Waals surface area contributed by atoms with Crippen LogP contribution in [-0.4, -0.2) is 48.4 Å². The molecule has 2 amide bonds. The largest absolute Gasteiger partial charge is 0.355 e. The maximum absolute atomic E-state index is 11.9. The van der Waals surface area contributed by atoms with Gasteiger partial charge in [-0.3, -0.25) is 14.5 Å². The highest BCUT2D eigenvalue weighted by Gasteiger charge is 2.13. The van der Waals surface area contributed by atoms with Gasteiger partial charge >= 0.3 is 0 Å². The van der Waals surface area contributed by atoms with Crippen LogP contribution in [0.1, 0.15) is 50.9 Å². The monoisotopic (exact) mass is 367 g/mol. The number of hydrogen-bond donors (Lipinski definition) is 2. The van der Waals surface area contributed by atoms with Gasteiger partial charge in [0.15, 0.2) is 0 Å². The molecule has 0 aliphatic heterocycles. The second kappa shape index (κ2) is 11.1. The lowest BCUT2D eigenvalue weighted by Crippen LogP contribution is -2.42. The number of benzene rings is 1. The second-order valence-corrected chi connectivity index (χ2v) is 7.08. The summed E-state index contributed by atoms with van der Waals surface area (Å²) in [5.74, 6) is -0.130. The fourth-order valence-corrected chi connectivity index (χ4v) is 2.81. The Hall–Kier alpha value is -1.59. The van der Waals surface area contributed by atoms with Crippen LogP contribution in [0.15, 0.2) is 24.3 Å². The van der Waals surface area contributed by atoms with E-state index in [1.54, 1.807) is 24.3 Å². The van der Waals surface area contributed by atoms with Crippen LogP contribution in [0.5, 0.6) is 0 Å². The van der Waals surface area contributed by atoms with Crippen molar-refractivity contribution < 1.29 is 9.59 Å². The lowest BCUT2D eigenvalue weighted by Gasteiger charge is -2.30. The first-order chi connectivity index (χ1) is 11.8. The lowest BCUT2D eigenvalue weighted by molar-refractivity contribution is -0.121. The van der Waals surface area contributed by atoms with Crippen LogP contribution in [0, 0.1) is 0 Å². The quantitative estimate of drug-likeness (QED) is 0.625. The van der Waals surface area contributed by atoms with Crippen molar-refractivity contribution in [1.29, 1.82) is 0 Å². The van der Waals surface area contributed by atoms with E-state index in [2.05, 4.69) is 43.2 Å². The van der Waals surface area contributed by atoms with Crippen LogP contribution in [0.2, 0.25) is 5.02 Å². The van der Waals surface area contributed by atoms with Gasteiger partial charge in [0, 0.05) is 48.7 Å². The van der Waals surface area contributed by atoms with E-state index in [0.29, 0.717) is 48.6 Å². The zero-order valence-electron chi connectivity index (χ0n) is 15.6. The Kier molecular flexibility index (Phi) is 9.53. The Morgan fingerprint density at radius 2 is 1.60 bits per heavy atom. The molecule has 0 fully saturated rings. The van der Waals surface area contributed by atoms with Crippen molar-refractivity contribution in [3.05, 3.63) is 34.9 Å². The third kappa shape index (κ3) is 8.36. The fourth-order valence-electron chi connectivity index (χ4n) is 2.68. The van der Waals surface area contributed by atoms with Crippen LogP contribution in [0.4, 0.5) is 0 Å². The van der Waals surface area contributed by atoms with Gasteiger partial charge in [0.1, 0.15) is 0 Å². The Morgan fingerprint density at radius 1 is 1.00 bits per heavy atom. The summed E-state index contributed by atoms with van der Waals surface area (Å²) in [6.07, 6.45) is 1.02. The van der Waals surface area contributed by atoms with Gasteiger partial charge < -0.3 is 10.6 Å². The summed E-state index contributed by atoms with van der Waals surface area (Å²) >= 11 is 5.79. The highest BCUT2D eigenvalue weighted by Crippen LogP contribution is 2.09. The molecular weight excluding hydrogens is 338 g/mol. The topological polar surface area (TPSA) is 61.4 Å². The summed E-state index contributed by atoms with van der Waals surface area (Å²) < 4.78 is 0. The van der Waals surface area contributed by atoms with Gasteiger partial charge in [0.05, 0.1) is 0 Å². The summed E-state index contributed by atoms with van der Waals surface area (Å²) in [6, 6.07) is 7.64. The number of nitrogens with zero attached hydrogens (tertiary/aromatic N) is 1. The molecule has 2 N–H and O–H groups in total. The summed E-state index contributed by atoms with van der Waals surface area (Å²) in [7, 11) is 0. The number of halogens is 1. The molecule has 0 unspecified atom stereocenters. The van der Waals surface area contributed by atoms with Gasteiger partial charge in [0.2, 0.25) is 5.91 Å². The predicted octanol–water partition coefficient (Wildman–Crippen LogP) is 3.09. The second-order valence-electron chi connectivity index (χ2n) is 6.64. The number of rotatable bonds is 10. The Morgan fingerprint density at radius 3 is 2.16 bits per heavy atom. The van der Waals surface area contributed by atoms with Crippen molar-refractivity contribution in [1.82, 2.24) is 15.5 Å². The third-order valence-electron chi connectivity index (χ3n) is 3.99. The molecule has 1 rings (SSSR count). The van der Waals surface area contributed by atoms with Gasteiger partial charge in [-0.2, -0.15) is 0 Å². The molecule has 0 spiro atoms. The molecule has 0 bridgehead atoms. The van der Waals surface area contributed by atoms with Gasteiger partial charge in [-0.05, 0) is 58.4 Å². The molecule has 0 saturated carbocycles. The first-order valence-corrected chi connectivity index (χ1v) is 9.25. The zero-order chi connectivity index (χ0) is 18.8. The van der Waals surface area contributed by atoms with E-state index in [0.717, 1.165) is 6.54 Å². The minimum absolute atomic E-state index is 0.0215.